The molecular formula is C15H18N4. The summed E-state index contributed by atoms with van der Waals surface area (Å²) in [5.41, 5.74) is 9.12. The smallest absolute Gasteiger partial charge is 0.163 e. The number of nitrogen functional groups attached to an aromatic ring is 1. The Balaban J connectivity index is 2.04. The zero-order chi connectivity index (χ0) is 13.2. The molecule has 4 nitrogen and oxygen atoms in total. The van der Waals surface area contributed by atoms with Crippen molar-refractivity contribution in [3.05, 3.63) is 35.8 Å². The number of nitrogens with zero attached hydrogens (tertiary/aromatic N) is 3. The number of pyridine rings is 1. The molecule has 0 unspecified atom stereocenters. The lowest BCUT2D eigenvalue weighted by molar-refractivity contribution is 0.696. The lowest BCUT2D eigenvalue weighted by Gasteiger charge is -2.11. The maximum Gasteiger partial charge on any atom is 0.163 e. The van der Waals surface area contributed by atoms with Crippen molar-refractivity contribution in [2.24, 2.45) is 0 Å². The number of nitrogens with two attached hydrogens (primary N) is 1. The molecule has 0 aromatic carbocycles. The second kappa shape index (κ2) is 4.96. The molecule has 0 radical (unpaired) electrons. The molecule has 98 valence electrons. The Hall–Kier alpha value is -1.97. The highest BCUT2D eigenvalue weighted by Gasteiger charge is 2.20. The summed E-state index contributed by atoms with van der Waals surface area (Å²) in [5.74, 6) is 1.80. The van der Waals surface area contributed by atoms with Crippen LogP contribution in [0.5, 0.6) is 0 Å². The van der Waals surface area contributed by atoms with Crippen LogP contribution in [0.2, 0.25) is 0 Å². The molecule has 19 heavy (non-hydrogen) atoms. The van der Waals surface area contributed by atoms with Crippen LogP contribution in [-0.2, 0) is 0 Å². The zero-order valence-corrected chi connectivity index (χ0v) is 11.1. The lowest BCUT2D eigenvalue weighted by Crippen LogP contribution is -2.04. The molecule has 1 aliphatic rings. The van der Waals surface area contributed by atoms with E-state index in [0.29, 0.717) is 17.6 Å². The quantitative estimate of drug-likeness (QED) is 0.894. The molecule has 0 spiro atoms. The average molecular weight is 254 g/mol. The van der Waals surface area contributed by atoms with Gasteiger partial charge in [0.1, 0.15) is 5.82 Å². The number of hydrogen-bond donors (Lipinski definition) is 1. The highest BCUT2D eigenvalue weighted by atomic mass is 15.0. The summed E-state index contributed by atoms with van der Waals surface area (Å²) in [5, 5.41) is 0. The first-order valence-electron chi connectivity index (χ1n) is 6.79. The molecule has 1 fully saturated rings. The summed E-state index contributed by atoms with van der Waals surface area (Å²) in [6.07, 6.45) is 8.58. The zero-order valence-electron chi connectivity index (χ0n) is 11.1. The fraction of sp³-hybridized carbons (Fsp3) is 0.400. The molecule has 3 rings (SSSR count). The van der Waals surface area contributed by atoms with Crippen LogP contribution in [0.25, 0.3) is 11.4 Å². The molecule has 2 aromatic rings. The van der Waals surface area contributed by atoms with Gasteiger partial charge in [-0.1, -0.05) is 12.8 Å². The summed E-state index contributed by atoms with van der Waals surface area (Å²) in [6.45, 7) is 2.04. The Morgan fingerprint density at radius 1 is 1.21 bits per heavy atom. The van der Waals surface area contributed by atoms with Gasteiger partial charge in [0.15, 0.2) is 5.82 Å². The van der Waals surface area contributed by atoms with E-state index < -0.39 is 0 Å². The van der Waals surface area contributed by atoms with Crippen molar-refractivity contribution < 1.29 is 0 Å². The highest BCUT2D eigenvalue weighted by Crippen LogP contribution is 2.34. The second-order valence-electron chi connectivity index (χ2n) is 5.21. The van der Waals surface area contributed by atoms with E-state index in [9.17, 15) is 0 Å². The number of hydrogen-bond acceptors (Lipinski definition) is 4. The van der Waals surface area contributed by atoms with Crippen molar-refractivity contribution >= 4 is 5.82 Å². The minimum Gasteiger partial charge on any atom is -0.384 e. The van der Waals surface area contributed by atoms with Gasteiger partial charge < -0.3 is 5.73 Å². The van der Waals surface area contributed by atoms with Crippen molar-refractivity contribution in [2.75, 3.05) is 5.73 Å². The minimum atomic E-state index is 0.543. The van der Waals surface area contributed by atoms with Crippen molar-refractivity contribution in [2.45, 2.75) is 38.5 Å². The Kier molecular flexibility index (Phi) is 3.15. The molecule has 1 aliphatic carbocycles. The lowest BCUT2D eigenvalue weighted by atomic mass is 10.0. The van der Waals surface area contributed by atoms with Gasteiger partial charge >= 0.3 is 0 Å². The summed E-state index contributed by atoms with van der Waals surface area (Å²) in [4.78, 5) is 13.2. The first kappa shape index (κ1) is 12.1. The largest absolute Gasteiger partial charge is 0.384 e. The number of aromatic nitrogens is 3. The summed E-state index contributed by atoms with van der Waals surface area (Å²) in [7, 11) is 0. The van der Waals surface area contributed by atoms with E-state index in [2.05, 4.69) is 9.97 Å². The van der Waals surface area contributed by atoms with E-state index in [0.717, 1.165) is 16.8 Å². The third-order valence-corrected chi connectivity index (χ3v) is 3.82. The van der Waals surface area contributed by atoms with Crippen LogP contribution in [-0.4, -0.2) is 15.0 Å². The molecule has 4 heteroatoms. The van der Waals surface area contributed by atoms with Crippen LogP contribution in [0.4, 0.5) is 5.82 Å². The topological polar surface area (TPSA) is 64.7 Å². The molecular weight excluding hydrogens is 236 g/mol. The van der Waals surface area contributed by atoms with Crippen molar-refractivity contribution in [1.82, 2.24) is 15.0 Å². The Labute approximate surface area is 113 Å². The van der Waals surface area contributed by atoms with Crippen LogP contribution in [0, 0.1) is 6.92 Å². The summed E-state index contributed by atoms with van der Waals surface area (Å²) in [6, 6.07) is 3.89. The van der Waals surface area contributed by atoms with Gasteiger partial charge in [0.25, 0.3) is 0 Å². The molecule has 0 saturated heterocycles. The third kappa shape index (κ3) is 2.43. The first-order chi connectivity index (χ1) is 9.24. The molecule has 0 amide bonds. The molecule has 2 heterocycles. The van der Waals surface area contributed by atoms with Gasteiger partial charge in [-0.15, -0.1) is 0 Å². The van der Waals surface area contributed by atoms with Crippen LogP contribution < -0.4 is 5.73 Å². The Morgan fingerprint density at radius 2 is 2.00 bits per heavy atom. The van der Waals surface area contributed by atoms with Crippen molar-refractivity contribution in [3.63, 3.8) is 0 Å². The average Bonchev–Trinajstić information content (AvgIpc) is 2.92. The molecule has 0 atom stereocenters. The van der Waals surface area contributed by atoms with E-state index in [1.807, 2.05) is 25.3 Å². The van der Waals surface area contributed by atoms with Crippen LogP contribution in [0.1, 0.15) is 42.9 Å². The van der Waals surface area contributed by atoms with Gasteiger partial charge in [-0.25, -0.2) is 9.97 Å². The molecule has 2 N–H and O–H groups in total. The van der Waals surface area contributed by atoms with Crippen LogP contribution in [0.3, 0.4) is 0 Å². The number of rotatable bonds is 2. The van der Waals surface area contributed by atoms with Gasteiger partial charge in [0.2, 0.25) is 0 Å². The minimum absolute atomic E-state index is 0.543. The maximum absolute atomic E-state index is 5.94. The molecule has 0 aliphatic heterocycles. The first-order valence-corrected chi connectivity index (χ1v) is 6.79. The predicted octanol–water partition coefficient (Wildman–Crippen LogP) is 3.09. The number of aryl methyl sites for hydroxylation is 1. The predicted molar refractivity (Wildman–Crippen MR) is 75.6 cm³/mol. The standard InChI is InChI=1S/C15H18N4/c1-10-6-7-17-9-12(10)15-18-13(8-14(16)19-15)11-4-2-3-5-11/h6-9,11H,2-5H2,1H3,(H2,16,18,19). The van der Waals surface area contributed by atoms with E-state index in [1.54, 1.807) is 6.20 Å². The Morgan fingerprint density at radius 3 is 2.74 bits per heavy atom. The third-order valence-electron chi connectivity index (χ3n) is 3.82. The fourth-order valence-corrected chi connectivity index (χ4v) is 2.73. The van der Waals surface area contributed by atoms with Crippen molar-refractivity contribution in [1.29, 1.82) is 0 Å². The molecule has 1 saturated carbocycles. The van der Waals surface area contributed by atoms with Gasteiger partial charge in [-0.2, -0.15) is 0 Å². The van der Waals surface area contributed by atoms with Crippen LogP contribution >= 0.6 is 0 Å². The number of anilines is 1. The van der Waals surface area contributed by atoms with Crippen molar-refractivity contribution in [3.8, 4) is 11.4 Å². The van der Waals surface area contributed by atoms with E-state index in [4.69, 9.17) is 10.7 Å². The maximum atomic E-state index is 5.94. The Bertz CT molecular complexity index is 588. The van der Waals surface area contributed by atoms with E-state index in [1.165, 1.54) is 25.7 Å². The van der Waals surface area contributed by atoms with E-state index in [-0.39, 0.29) is 0 Å². The van der Waals surface area contributed by atoms with Gasteiger partial charge in [0, 0.05) is 35.6 Å². The van der Waals surface area contributed by atoms with E-state index >= 15 is 0 Å². The summed E-state index contributed by atoms with van der Waals surface area (Å²) < 4.78 is 0. The van der Waals surface area contributed by atoms with Gasteiger partial charge in [-0.05, 0) is 31.4 Å². The highest BCUT2D eigenvalue weighted by molar-refractivity contribution is 5.60. The van der Waals surface area contributed by atoms with Gasteiger partial charge in [0.05, 0.1) is 0 Å². The molecule has 2 aromatic heterocycles. The monoisotopic (exact) mass is 254 g/mol. The van der Waals surface area contributed by atoms with Crippen LogP contribution in [0.15, 0.2) is 24.5 Å². The SMILES string of the molecule is Cc1ccncc1-c1nc(N)cc(C2CCCC2)n1. The molecule has 0 bridgehead atoms. The fourth-order valence-electron chi connectivity index (χ4n) is 2.73. The normalized spacial score (nSPS) is 15.8. The van der Waals surface area contributed by atoms with Gasteiger partial charge in [-0.3, -0.25) is 4.98 Å². The summed E-state index contributed by atoms with van der Waals surface area (Å²) >= 11 is 0. The second-order valence-corrected chi connectivity index (χ2v) is 5.21.